The molecule has 1 aromatic carbocycles. The molecule has 1 aliphatic rings. The largest absolute Gasteiger partial charge is 0.448 e. The number of carbonyl (C=O) groups is 2. The zero-order valence-electron chi connectivity index (χ0n) is 13.3. The first-order valence-corrected chi connectivity index (χ1v) is 8.03. The van der Waals surface area contributed by atoms with Crippen molar-refractivity contribution in [3.05, 3.63) is 40.7 Å². The number of hydrogen-bond donors (Lipinski definition) is 1. The molecule has 7 nitrogen and oxygen atoms in total. The van der Waals surface area contributed by atoms with Crippen LogP contribution in [0.15, 0.2) is 24.3 Å². The molecule has 3 rings (SSSR count). The second-order valence-electron chi connectivity index (χ2n) is 5.73. The van der Waals surface area contributed by atoms with E-state index in [1.165, 1.54) is 11.7 Å². The molecule has 0 aliphatic heterocycles. The van der Waals surface area contributed by atoms with Crippen LogP contribution in [0.3, 0.4) is 0 Å². The van der Waals surface area contributed by atoms with E-state index in [4.69, 9.17) is 16.3 Å². The zero-order chi connectivity index (χ0) is 17.3. The van der Waals surface area contributed by atoms with Gasteiger partial charge in [0.25, 0.3) is 5.91 Å². The van der Waals surface area contributed by atoms with Gasteiger partial charge in [-0.25, -0.2) is 4.79 Å². The minimum absolute atomic E-state index is 0.0704. The van der Waals surface area contributed by atoms with Crippen molar-refractivity contribution >= 4 is 23.5 Å². The quantitative estimate of drug-likeness (QED) is 0.836. The van der Waals surface area contributed by atoms with E-state index in [1.54, 1.807) is 31.2 Å². The number of halogens is 1. The molecule has 1 aliphatic carbocycles. The van der Waals surface area contributed by atoms with Gasteiger partial charge in [0.05, 0.1) is 11.4 Å². The first-order valence-electron chi connectivity index (χ1n) is 7.65. The van der Waals surface area contributed by atoms with Crippen molar-refractivity contribution in [2.24, 2.45) is 0 Å². The number of esters is 1. The van der Waals surface area contributed by atoms with Crippen LogP contribution in [0.2, 0.25) is 5.02 Å². The van der Waals surface area contributed by atoms with E-state index in [0.717, 1.165) is 12.8 Å². The van der Waals surface area contributed by atoms with Crippen molar-refractivity contribution in [3.63, 3.8) is 0 Å². The van der Waals surface area contributed by atoms with Gasteiger partial charge in [0, 0.05) is 11.1 Å². The number of nitrogens with one attached hydrogen (secondary N) is 1. The molecule has 1 aromatic heterocycles. The highest BCUT2D eigenvalue weighted by Gasteiger charge is 2.28. The van der Waals surface area contributed by atoms with Crippen LogP contribution in [-0.4, -0.2) is 39.0 Å². The number of amides is 1. The number of nitrogens with zero attached hydrogens (tertiary/aromatic N) is 3. The molecule has 0 radical (unpaired) electrons. The third kappa shape index (κ3) is 3.73. The average Bonchev–Trinajstić information content (AvgIpc) is 3.26. The van der Waals surface area contributed by atoms with Crippen LogP contribution in [0.25, 0.3) is 5.69 Å². The van der Waals surface area contributed by atoms with Crippen LogP contribution in [0.1, 0.15) is 35.9 Å². The number of ether oxygens (including phenoxy) is 1. The molecule has 1 saturated carbocycles. The summed E-state index contributed by atoms with van der Waals surface area (Å²) in [5.41, 5.74) is 1.11. The van der Waals surface area contributed by atoms with Gasteiger partial charge in [-0.3, -0.25) is 4.79 Å². The van der Waals surface area contributed by atoms with E-state index in [1.807, 2.05) is 0 Å². The Labute approximate surface area is 143 Å². The molecule has 1 heterocycles. The standard InChI is InChI=1S/C16H17ClN4O3/c1-9-14(16(23)24-10(2)15(22)18-12-6-7-12)20-21(19-9)13-5-3-4-11(17)8-13/h3-5,8,10,12H,6-7H2,1-2H3,(H,18,22)/t10-/m1/s1. The summed E-state index contributed by atoms with van der Waals surface area (Å²) in [6, 6.07) is 7.16. The smallest absolute Gasteiger partial charge is 0.361 e. The maximum atomic E-state index is 12.2. The highest BCUT2D eigenvalue weighted by molar-refractivity contribution is 6.30. The van der Waals surface area contributed by atoms with Crippen LogP contribution in [-0.2, 0) is 9.53 Å². The normalized spacial score (nSPS) is 15.0. The molecule has 126 valence electrons. The first-order chi connectivity index (χ1) is 11.4. The van der Waals surface area contributed by atoms with Crippen molar-refractivity contribution in [2.45, 2.75) is 38.8 Å². The Kier molecular flexibility index (Phi) is 4.53. The molecule has 2 aromatic rings. The summed E-state index contributed by atoms with van der Waals surface area (Å²) in [7, 11) is 0. The summed E-state index contributed by atoms with van der Waals surface area (Å²) in [6.45, 7) is 3.19. The fraction of sp³-hybridized carbons (Fsp3) is 0.375. The van der Waals surface area contributed by atoms with Gasteiger partial charge < -0.3 is 10.1 Å². The Morgan fingerprint density at radius 2 is 2.12 bits per heavy atom. The third-order valence-corrected chi connectivity index (χ3v) is 3.83. The first kappa shape index (κ1) is 16.4. The summed E-state index contributed by atoms with van der Waals surface area (Å²) in [5, 5.41) is 11.7. The number of benzene rings is 1. The van der Waals surface area contributed by atoms with E-state index in [-0.39, 0.29) is 17.6 Å². The maximum absolute atomic E-state index is 12.2. The van der Waals surface area contributed by atoms with E-state index in [2.05, 4.69) is 15.5 Å². The van der Waals surface area contributed by atoms with Gasteiger partial charge >= 0.3 is 5.97 Å². The SMILES string of the molecule is Cc1nn(-c2cccc(Cl)c2)nc1C(=O)O[C@H](C)C(=O)NC1CC1. The summed E-state index contributed by atoms with van der Waals surface area (Å²) >= 11 is 5.95. The average molecular weight is 349 g/mol. The molecular weight excluding hydrogens is 332 g/mol. The van der Waals surface area contributed by atoms with Gasteiger partial charge in [0.2, 0.25) is 0 Å². The molecule has 0 bridgehead atoms. The van der Waals surface area contributed by atoms with Crippen LogP contribution < -0.4 is 5.32 Å². The van der Waals surface area contributed by atoms with Crippen molar-refractivity contribution in [3.8, 4) is 5.69 Å². The summed E-state index contributed by atoms with van der Waals surface area (Å²) < 4.78 is 5.19. The van der Waals surface area contributed by atoms with Crippen LogP contribution >= 0.6 is 11.6 Å². The molecule has 1 fully saturated rings. The van der Waals surface area contributed by atoms with E-state index >= 15 is 0 Å². The Morgan fingerprint density at radius 3 is 2.79 bits per heavy atom. The van der Waals surface area contributed by atoms with Gasteiger partial charge in [-0.05, 0) is 44.9 Å². The van der Waals surface area contributed by atoms with Crippen molar-refractivity contribution in [1.29, 1.82) is 0 Å². The Morgan fingerprint density at radius 1 is 1.38 bits per heavy atom. The lowest BCUT2D eigenvalue weighted by atomic mass is 10.3. The molecule has 1 atom stereocenters. The van der Waals surface area contributed by atoms with Gasteiger partial charge in [-0.1, -0.05) is 17.7 Å². The number of hydrogen-bond acceptors (Lipinski definition) is 5. The van der Waals surface area contributed by atoms with Crippen LogP contribution in [0, 0.1) is 6.92 Å². The maximum Gasteiger partial charge on any atom is 0.361 e. The molecule has 0 saturated heterocycles. The lowest BCUT2D eigenvalue weighted by Gasteiger charge is -2.12. The molecule has 8 heteroatoms. The van der Waals surface area contributed by atoms with E-state index < -0.39 is 12.1 Å². The van der Waals surface area contributed by atoms with Gasteiger partial charge in [-0.2, -0.15) is 9.90 Å². The summed E-state index contributed by atoms with van der Waals surface area (Å²) in [4.78, 5) is 25.4. The molecule has 0 unspecified atom stereocenters. The Balaban J connectivity index is 1.72. The van der Waals surface area contributed by atoms with Crippen LogP contribution in [0.5, 0.6) is 0 Å². The fourth-order valence-electron chi connectivity index (χ4n) is 2.10. The van der Waals surface area contributed by atoms with Gasteiger partial charge in [-0.15, -0.1) is 5.10 Å². The topological polar surface area (TPSA) is 86.1 Å². The second kappa shape index (κ2) is 6.60. The number of carbonyl (C=O) groups excluding carboxylic acids is 2. The lowest BCUT2D eigenvalue weighted by Crippen LogP contribution is -2.37. The Bertz CT molecular complexity index is 785. The van der Waals surface area contributed by atoms with Crippen molar-refractivity contribution in [2.75, 3.05) is 0 Å². The number of aryl methyl sites for hydroxylation is 1. The highest BCUT2D eigenvalue weighted by Crippen LogP contribution is 2.19. The van der Waals surface area contributed by atoms with Crippen molar-refractivity contribution in [1.82, 2.24) is 20.3 Å². The monoisotopic (exact) mass is 348 g/mol. The predicted octanol–water partition coefficient (Wildman–Crippen LogP) is 2.05. The predicted molar refractivity (Wildman–Crippen MR) is 87.1 cm³/mol. The Hall–Kier alpha value is -2.41. The molecule has 1 N–H and O–H groups in total. The van der Waals surface area contributed by atoms with Gasteiger partial charge in [0.1, 0.15) is 0 Å². The van der Waals surface area contributed by atoms with Crippen molar-refractivity contribution < 1.29 is 14.3 Å². The fourth-order valence-corrected chi connectivity index (χ4v) is 2.28. The second-order valence-corrected chi connectivity index (χ2v) is 6.17. The molecule has 1 amide bonds. The molecular formula is C16H17ClN4O3. The molecule has 0 spiro atoms. The number of aromatic nitrogens is 3. The summed E-state index contributed by atoms with van der Waals surface area (Å²) in [5.74, 6) is -0.982. The minimum atomic E-state index is -0.881. The van der Waals surface area contributed by atoms with E-state index in [0.29, 0.717) is 16.4 Å². The zero-order valence-corrected chi connectivity index (χ0v) is 14.1. The van der Waals surface area contributed by atoms with Crippen LogP contribution in [0.4, 0.5) is 0 Å². The third-order valence-electron chi connectivity index (χ3n) is 3.59. The van der Waals surface area contributed by atoms with Gasteiger partial charge in [0.15, 0.2) is 11.8 Å². The number of rotatable bonds is 5. The lowest BCUT2D eigenvalue weighted by molar-refractivity contribution is -0.129. The minimum Gasteiger partial charge on any atom is -0.448 e. The van der Waals surface area contributed by atoms with E-state index in [9.17, 15) is 9.59 Å². The highest BCUT2D eigenvalue weighted by atomic mass is 35.5. The molecule has 24 heavy (non-hydrogen) atoms. The summed E-state index contributed by atoms with van der Waals surface area (Å²) in [6.07, 6.45) is 1.06.